The van der Waals surface area contributed by atoms with Crippen molar-refractivity contribution >= 4 is 33.0 Å². The third kappa shape index (κ3) is 8.54. The van der Waals surface area contributed by atoms with Crippen LogP contribution in [0.2, 0.25) is 0 Å². The molecule has 0 saturated heterocycles. The normalized spacial score (nSPS) is 13.4. The number of alkyl carbamates (subject to hydrolysis) is 1. The van der Waals surface area contributed by atoms with E-state index in [0.29, 0.717) is 0 Å². The van der Waals surface area contributed by atoms with E-state index in [2.05, 4.69) is 9.71 Å². The van der Waals surface area contributed by atoms with Crippen LogP contribution in [0.3, 0.4) is 0 Å². The Hall–Kier alpha value is -0.760. The highest BCUT2D eigenvalue weighted by Crippen LogP contribution is 2.07. The van der Waals surface area contributed by atoms with Crippen LogP contribution < -0.4 is 5.32 Å². The maximum atomic E-state index is 11.3. The lowest BCUT2D eigenvalue weighted by molar-refractivity contribution is 0.0565. The van der Waals surface area contributed by atoms with Crippen molar-refractivity contribution < 1.29 is 17.9 Å². The minimum atomic E-state index is -3.53. The molecule has 6 nitrogen and oxygen atoms in total. The number of carbonyl (C=O) groups excluding carboxylic acids is 1. The van der Waals surface area contributed by atoms with Gasteiger partial charge in [0.15, 0.2) is 5.17 Å². The molecular formula is C8H16N2O4S2. The Morgan fingerprint density at radius 2 is 1.88 bits per heavy atom. The number of rotatable bonds is 1. The van der Waals surface area contributed by atoms with Gasteiger partial charge in [-0.3, -0.25) is 5.32 Å². The molecule has 0 radical (unpaired) electrons. The van der Waals surface area contributed by atoms with Crippen LogP contribution in [0.15, 0.2) is 4.40 Å². The van der Waals surface area contributed by atoms with E-state index in [1.54, 1.807) is 27.0 Å². The fourth-order valence-electron chi connectivity index (χ4n) is 0.653. The van der Waals surface area contributed by atoms with Gasteiger partial charge in [-0.2, -0.15) is 0 Å². The molecule has 0 aliphatic rings. The van der Waals surface area contributed by atoms with Crippen LogP contribution in [0, 0.1) is 0 Å². The molecule has 0 unspecified atom stereocenters. The third-order valence-electron chi connectivity index (χ3n) is 1.05. The average Bonchev–Trinajstić information content (AvgIpc) is 1.96. The molecule has 0 atom stereocenters. The van der Waals surface area contributed by atoms with Gasteiger partial charge in [-0.15, -0.1) is 4.40 Å². The van der Waals surface area contributed by atoms with Crippen molar-refractivity contribution in [2.75, 3.05) is 12.5 Å². The first-order valence-corrected chi connectivity index (χ1v) is 7.45. The number of carbonyl (C=O) groups is 1. The van der Waals surface area contributed by atoms with E-state index in [1.165, 1.54) is 0 Å². The Kier molecular flexibility index (Phi) is 5.27. The van der Waals surface area contributed by atoms with Crippen molar-refractivity contribution in [1.82, 2.24) is 5.32 Å². The molecule has 0 saturated carbocycles. The summed E-state index contributed by atoms with van der Waals surface area (Å²) in [5.74, 6) is 0. The second-order valence-corrected chi connectivity index (χ2v) is 6.40. The second kappa shape index (κ2) is 5.53. The van der Waals surface area contributed by atoms with E-state index >= 15 is 0 Å². The first-order chi connectivity index (χ1) is 7.03. The molecule has 1 N–H and O–H groups in total. The monoisotopic (exact) mass is 268 g/mol. The van der Waals surface area contributed by atoms with Gasteiger partial charge in [0.1, 0.15) is 5.60 Å². The number of ether oxygens (including phenoxy) is 1. The Morgan fingerprint density at radius 3 is 2.19 bits per heavy atom. The Bertz CT molecular complexity index is 381. The summed E-state index contributed by atoms with van der Waals surface area (Å²) in [7, 11) is -3.53. The second-order valence-electron chi connectivity index (χ2n) is 3.96. The maximum Gasteiger partial charge on any atom is 0.413 e. The predicted molar refractivity (Wildman–Crippen MR) is 65.2 cm³/mol. The molecule has 0 aliphatic carbocycles. The molecular weight excluding hydrogens is 252 g/mol. The lowest BCUT2D eigenvalue weighted by Crippen LogP contribution is -2.35. The number of nitrogens with zero attached hydrogens (tertiary/aromatic N) is 1. The van der Waals surface area contributed by atoms with Crippen LogP contribution in [-0.2, 0) is 14.8 Å². The summed E-state index contributed by atoms with van der Waals surface area (Å²) in [5, 5.41) is 2.24. The van der Waals surface area contributed by atoms with Crippen LogP contribution >= 0.6 is 11.8 Å². The number of thioether (sulfide) groups is 1. The van der Waals surface area contributed by atoms with Crippen LogP contribution in [0.1, 0.15) is 20.8 Å². The van der Waals surface area contributed by atoms with Crippen molar-refractivity contribution in [1.29, 1.82) is 0 Å². The zero-order valence-electron chi connectivity index (χ0n) is 9.90. The predicted octanol–water partition coefficient (Wildman–Crippen LogP) is 1.19. The highest BCUT2D eigenvalue weighted by atomic mass is 32.2. The Labute approximate surface area is 99.9 Å². The fourth-order valence-corrected chi connectivity index (χ4v) is 1.89. The summed E-state index contributed by atoms with van der Waals surface area (Å²) in [4.78, 5) is 11.3. The molecule has 0 aromatic heterocycles. The summed E-state index contributed by atoms with van der Waals surface area (Å²) < 4.78 is 30.0. The van der Waals surface area contributed by atoms with Gasteiger partial charge in [0.05, 0.1) is 6.26 Å². The van der Waals surface area contributed by atoms with E-state index in [0.717, 1.165) is 18.0 Å². The average molecular weight is 268 g/mol. The summed E-state index contributed by atoms with van der Waals surface area (Å²) in [6.45, 7) is 5.12. The number of amides is 1. The van der Waals surface area contributed by atoms with Crippen molar-refractivity contribution in [3.8, 4) is 0 Å². The highest BCUT2D eigenvalue weighted by molar-refractivity contribution is 8.13. The molecule has 0 fully saturated rings. The standard InChI is InChI=1S/C8H16N2O4S2/c1-8(2,3)14-7(11)9-6(15-4)10-16(5,12)13/h1-5H3,(H,9,10,11). The van der Waals surface area contributed by atoms with Gasteiger partial charge in [-0.1, -0.05) is 11.8 Å². The molecule has 0 aromatic carbocycles. The van der Waals surface area contributed by atoms with Gasteiger partial charge in [-0.05, 0) is 27.0 Å². The third-order valence-corrected chi connectivity index (χ3v) is 2.26. The van der Waals surface area contributed by atoms with E-state index < -0.39 is 21.7 Å². The lowest BCUT2D eigenvalue weighted by Gasteiger charge is -2.19. The molecule has 0 rings (SSSR count). The van der Waals surface area contributed by atoms with Gasteiger partial charge < -0.3 is 4.74 Å². The maximum absolute atomic E-state index is 11.3. The van der Waals surface area contributed by atoms with Gasteiger partial charge in [0.25, 0.3) is 10.0 Å². The van der Waals surface area contributed by atoms with Gasteiger partial charge in [-0.25, -0.2) is 13.2 Å². The number of sulfonamides is 1. The molecule has 0 aromatic rings. The summed E-state index contributed by atoms with van der Waals surface area (Å²) in [6, 6.07) is 0. The summed E-state index contributed by atoms with van der Waals surface area (Å²) >= 11 is 1.01. The summed E-state index contributed by atoms with van der Waals surface area (Å²) in [5.41, 5.74) is -0.640. The number of hydrogen-bond donors (Lipinski definition) is 1. The van der Waals surface area contributed by atoms with Crippen LogP contribution in [0.25, 0.3) is 0 Å². The molecule has 16 heavy (non-hydrogen) atoms. The topological polar surface area (TPSA) is 84.8 Å². The van der Waals surface area contributed by atoms with Crippen LogP contribution in [0.4, 0.5) is 4.79 Å². The molecule has 8 heteroatoms. The quantitative estimate of drug-likeness (QED) is 0.570. The van der Waals surface area contributed by atoms with Crippen molar-refractivity contribution in [2.45, 2.75) is 26.4 Å². The SMILES string of the molecule is CS/C(=N\S(C)(=O)=O)NC(=O)OC(C)(C)C. The largest absolute Gasteiger partial charge is 0.444 e. The summed E-state index contributed by atoms with van der Waals surface area (Å²) in [6.07, 6.45) is 1.81. The van der Waals surface area contributed by atoms with Crippen LogP contribution in [0.5, 0.6) is 0 Å². The Morgan fingerprint density at radius 1 is 1.38 bits per heavy atom. The minimum absolute atomic E-state index is 0.0169. The van der Waals surface area contributed by atoms with E-state index in [4.69, 9.17) is 4.74 Å². The van der Waals surface area contributed by atoms with Crippen LogP contribution in [-0.4, -0.2) is 37.8 Å². The van der Waals surface area contributed by atoms with Crippen molar-refractivity contribution in [2.24, 2.45) is 4.40 Å². The molecule has 0 spiro atoms. The molecule has 94 valence electrons. The number of hydrogen-bond acceptors (Lipinski definition) is 5. The molecule has 0 aliphatic heterocycles. The van der Waals surface area contributed by atoms with Gasteiger partial charge in [0.2, 0.25) is 0 Å². The molecule has 0 bridgehead atoms. The van der Waals surface area contributed by atoms with E-state index in [9.17, 15) is 13.2 Å². The van der Waals surface area contributed by atoms with E-state index in [1.807, 2.05) is 0 Å². The van der Waals surface area contributed by atoms with Gasteiger partial charge >= 0.3 is 6.09 Å². The zero-order chi connectivity index (χ0) is 13.0. The lowest BCUT2D eigenvalue weighted by atomic mass is 10.2. The highest BCUT2D eigenvalue weighted by Gasteiger charge is 2.17. The number of nitrogens with one attached hydrogen (secondary N) is 1. The van der Waals surface area contributed by atoms with Crippen molar-refractivity contribution in [3.05, 3.63) is 0 Å². The van der Waals surface area contributed by atoms with E-state index in [-0.39, 0.29) is 5.17 Å². The minimum Gasteiger partial charge on any atom is -0.444 e. The molecule has 1 amide bonds. The first kappa shape index (κ1) is 15.2. The first-order valence-electron chi connectivity index (χ1n) is 4.37. The number of amidine groups is 1. The molecule has 0 heterocycles. The smallest absolute Gasteiger partial charge is 0.413 e. The van der Waals surface area contributed by atoms with Gasteiger partial charge in [0, 0.05) is 0 Å². The Balaban J connectivity index is 4.59. The van der Waals surface area contributed by atoms with Crippen molar-refractivity contribution in [3.63, 3.8) is 0 Å². The fraction of sp³-hybridized carbons (Fsp3) is 0.750. The zero-order valence-corrected chi connectivity index (χ0v) is 11.5.